The summed E-state index contributed by atoms with van der Waals surface area (Å²) < 4.78 is 26.1. The van der Waals surface area contributed by atoms with Crippen LogP contribution in [0.5, 0.6) is 0 Å². The van der Waals surface area contributed by atoms with Gasteiger partial charge >= 0.3 is 0 Å². The van der Waals surface area contributed by atoms with Crippen LogP contribution < -0.4 is 0 Å². The zero-order valence-electron chi connectivity index (χ0n) is 12.1. The molecule has 0 saturated heterocycles. The molecule has 0 aliphatic heterocycles. The lowest BCUT2D eigenvalue weighted by Crippen LogP contribution is -2.29. The highest BCUT2D eigenvalue weighted by Gasteiger charge is 2.18. The van der Waals surface area contributed by atoms with E-state index in [2.05, 4.69) is 6.58 Å². The van der Waals surface area contributed by atoms with Gasteiger partial charge in [0.15, 0.2) is 0 Å². The van der Waals surface area contributed by atoms with E-state index >= 15 is 0 Å². The Morgan fingerprint density at radius 2 is 1.90 bits per heavy atom. The van der Waals surface area contributed by atoms with Crippen LogP contribution in [0.15, 0.2) is 60.6 Å². The van der Waals surface area contributed by atoms with Crippen LogP contribution in [0.4, 0.5) is 0 Å². The van der Waals surface area contributed by atoms with Gasteiger partial charge in [-0.25, -0.2) is 8.42 Å². The number of rotatable bonds is 8. The summed E-state index contributed by atoms with van der Waals surface area (Å²) in [6, 6.07) is 7.17. The summed E-state index contributed by atoms with van der Waals surface area (Å²) in [6.07, 6.45) is 7.30. The van der Waals surface area contributed by atoms with Crippen LogP contribution in [0, 0.1) is 0 Å². The number of halogens is 1. The molecule has 1 rings (SSSR count). The zero-order valence-corrected chi connectivity index (χ0v) is 13.6. The molecular weight excluding hydrogens is 306 g/mol. The van der Waals surface area contributed by atoms with Crippen molar-refractivity contribution in [3.05, 3.63) is 71.1 Å². The molecule has 0 fully saturated rings. The summed E-state index contributed by atoms with van der Waals surface area (Å²) in [4.78, 5) is 0. The standard InChI is InChI=1S/C16H20ClNO2S/c1-3-5-7-13-21(19,20)18(12-6-4-2)14-15-8-10-16(17)11-9-15/h3-5,7-11,13H,2,6,12,14H2,1H3/b5-3+,13-7+. The maximum atomic E-state index is 12.3. The first-order valence-electron chi connectivity index (χ1n) is 6.64. The average molecular weight is 326 g/mol. The van der Waals surface area contributed by atoms with E-state index in [0.717, 1.165) is 5.56 Å². The van der Waals surface area contributed by atoms with Crippen molar-refractivity contribution in [1.29, 1.82) is 0 Å². The van der Waals surface area contributed by atoms with E-state index < -0.39 is 10.0 Å². The fraction of sp³-hybridized carbons (Fsp3) is 0.250. The largest absolute Gasteiger partial charge is 0.236 e. The van der Waals surface area contributed by atoms with Gasteiger partial charge in [-0.3, -0.25) is 0 Å². The van der Waals surface area contributed by atoms with Crippen LogP contribution in [-0.2, 0) is 16.6 Å². The van der Waals surface area contributed by atoms with Gasteiger partial charge < -0.3 is 0 Å². The molecule has 0 saturated carbocycles. The van der Waals surface area contributed by atoms with Gasteiger partial charge in [0.1, 0.15) is 0 Å². The number of allylic oxidation sites excluding steroid dienone is 3. The Morgan fingerprint density at radius 1 is 1.24 bits per heavy atom. The third-order valence-electron chi connectivity index (χ3n) is 2.77. The van der Waals surface area contributed by atoms with E-state index in [1.165, 1.54) is 15.8 Å². The van der Waals surface area contributed by atoms with Gasteiger partial charge in [-0.2, -0.15) is 4.31 Å². The highest BCUT2D eigenvalue weighted by atomic mass is 35.5. The summed E-state index contributed by atoms with van der Waals surface area (Å²) in [5.74, 6) is 0. The van der Waals surface area contributed by atoms with Crippen molar-refractivity contribution in [2.45, 2.75) is 19.9 Å². The van der Waals surface area contributed by atoms with Gasteiger partial charge in [0.05, 0.1) is 0 Å². The Labute approximate surface area is 132 Å². The van der Waals surface area contributed by atoms with Gasteiger partial charge in [0.2, 0.25) is 10.0 Å². The molecule has 0 radical (unpaired) electrons. The van der Waals surface area contributed by atoms with Gasteiger partial charge in [-0.15, -0.1) is 6.58 Å². The van der Waals surface area contributed by atoms with Crippen molar-refractivity contribution in [3.8, 4) is 0 Å². The van der Waals surface area contributed by atoms with Crippen molar-refractivity contribution >= 4 is 21.6 Å². The summed E-state index contributed by atoms with van der Waals surface area (Å²) in [5, 5.41) is 1.85. The first kappa shape index (κ1) is 17.7. The number of hydrogen-bond acceptors (Lipinski definition) is 2. The molecular formula is C16H20ClNO2S. The molecule has 0 atom stereocenters. The minimum atomic E-state index is -3.45. The zero-order chi connectivity index (χ0) is 15.7. The van der Waals surface area contributed by atoms with Crippen LogP contribution in [0.25, 0.3) is 0 Å². The summed E-state index contributed by atoms with van der Waals surface area (Å²) in [5.41, 5.74) is 0.895. The maximum absolute atomic E-state index is 12.3. The highest BCUT2D eigenvalue weighted by Crippen LogP contribution is 2.15. The molecule has 0 aromatic heterocycles. The monoisotopic (exact) mass is 325 g/mol. The molecule has 5 heteroatoms. The first-order chi connectivity index (χ1) is 9.99. The van der Waals surface area contributed by atoms with Crippen molar-refractivity contribution < 1.29 is 8.42 Å². The van der Waals surface area contributed by atoms with E-state index in [1.54, 1.807) is 30.4 Å². The molecule has 1 aromatic carbocycles. The fourth-order valence-corrected chi connectivity index (χ4v) is 2.94. The predicted molar refractivity (Wildman–Crippen MR) is 89.5 cm³/mol. The Balaban J connectivity index is 2.93. The van der Waals surface area contributed by atoms with Crippen LogP contribution in [0.1, 0.15) is 18.9 Å². The molecule has 1 aromatic rings. The molecule has 21 heavy (non-hydrogen) atoms. The molecule has 0 aliphatic rings. The second kappa shape index (κ2) is 8.82. The highest BCUT2D eigenvalue weighted by molar-refractivity contribution is 7.92. The molecule has 114 valence electrons. The lowest BCUT2D eigenvalue weighted by Gasteiger charge is -2.19. The smallest absolute Gasteiger partial charge is 0.207 e. The van der Waals surface area contributed by atoms with Crippen LogP contribution in [0.3, 0.4) is 0 Å². The molecule has 0 N–H and O–H groups in total. The molecule has 0 amide bonds. The molecule has 0 unspecified atom stereocenters. The topological polar surface area (TPSA) is 37.4 Å². The van der Waals surface area contributed by atoms with Gasteiger partial charge in [-0.1, -0.05) is 42.0 Å². The molecule has 0 aliphatic carbocycles. The number of hydrogen-bond donors (Lipinski definition) is 0. The minimum Gasteiger partial charge on any atom is -0.207 e. The van der Waals surface area contributed by atoms with Crippen LogP contribution >= 0.6 is 11.6 Å². The normalized spacial score (nSPS) is 12.5. The number of nitrogens with zero attached hydrogens (tertiary/aromatic N) is 1. The third-order valence-corrected chi connectivity index (χ3v) is 4.55. The van der Waals surface area contributed by atoms with E-state index in [9.17, 15) is 8.42 Å². The van der Waals surface area contributed by atoms with Gasteiger partial charge in [0, 0.05) is 23.5 Å². The minimum absolute atomic E-state index is 0.313. The number of sulfonamides is 1. The van der Waals surface area contributed by atoms with Crippen LogP contribution in [-0.4, -0.2) is 19.3 Å². The van der Waals surface area contributed by atoms with Gasteiger partial charge in [-0.05, 0) is 37.1 Å². The Kier molecular flexibility index (Phi) is 7.43. The van der Waals surface area contributed by atoms with E-state index in [4.69, 9.17) is 11.6 Å². The second-order valence-corrected chi connectivity index (χ2v) is 6.69. The molecule has 0 bridgehead atoms. The van der Waals surface area contributed by atoms with Crippen LogP contribution in [0.2, 0.25) is 5.02 Å². The fourth-order valence-electron chi connectivity index (χ4n) is 1.67. The average Bonchev–Trinajstić information content (AvgIpc) is 2.45. The summed E-state index contributed by atoms with van der Waals surface area (Å²) in [7, 11) is -3.45. The second-order valence-electron chi connectivity index (χ2n) is 4.44. The van der Waals surface area contributed by atoms with E-state index in [-0.39, 0.29) is 0 Å². The number of benzene rings is 1. The van der Waals surface area contributed by atoms with Gasteiger partial charge in [0.25, 0.3) is 0 Å². The van der Waals surface area contributed by atoms with Crippen molar-refractivity contribution in [1.82, 2.24) is 4.31 Å². The lowest BCUT2D eigenvalue weighted by atomic mass is 10.2. The Hall–Kier alpha value is -1.36. The lowest BCUT2D eigenvalue weighted by molar-refractivity contribution is 0.418. The summed E-state index contributed by atoms with van der Waals surface area (Å²) in [6.45, 7) is 6.18. The maximum Gasteiger partial charge on any atom is 0.236 e. The Morgan fingerprint density at radius 3 is 2.48 bits per heavy atom. The predicted octanol–water partition coefficient (Wildman–Crippen LogP) is 4.14. The quantitative estimate of drug-likeness (QED) is 0.532. The SMILES string of the molecule is C=CCCN(Cc1ccc(Cl)cc1)S(=O)(=O)/C=C/C=C/C. The molecule has 0 heterocycles. The van der Waals surface area contributed by atoms with E-state index in [1.807, 2.05) is 19.1 Å². The first-order valence-corrected chi connectivity index (χ1v) is 8.52. The summed E-state index contributed by atoms with van der Waals surface area (Å²) >= 11 is 5.84. The Bertz CT molecular complexity index is 604. The molecule has 0 spiro atoms. The third kappa shape index (κ3) is 6.29. The molecule has 3 nitrogen and oxygen atoms in total. The van der Waals surface area contributed by atoms with Crippen molar-refractivity contribution in [2.75, 3.05) is 6.54 Å². The van der Waals surface area contributed by atoms with Crippen molar-refractivity contribution in [3.63, 3.8) is 0 Å². The van der Waals surface area contributed by atoms with Crippen molar-refractivity contribution in [2.24, 2.45) is 0 Å². The van der Waals surface area contributed by atoms with E-state index in [0.29, 0.717) is 24.5 Å².